The van der Waals surface area contributed by atoms with Crippen molar-refractivity contribution in [1.82, 2.24) is 15.2 Å². The van der Waals surface area contributed by atoms with Gasteiger partial charge in [-0.2, -0.15) is 23.3 Å². The number of rotatable bonds is 4. The molecule has 1 atom stereocenters. The molecule has 1 amide bonds. The molecule has 0 aliphatic carbocycles. The number of carbonyl (C=O) groups is 1. The van der Waals surface area contributed by atoms with Crippen LogP contribution < -0.4 is 5.32 Å². The van der Waals surface area contributed by atoms with E-state index < -0.39 is 23.6 Å². The van der Waals surface area contributed by atoms with Crippen molar-refractivity contribution in [2.75, 3.05) is 5.32 Å². The largest absolute Gasteiger partial charge is 0.416 e. The van der Waals surface area contributed by atoms with Crippen LogP contribution in [-0.4, -0.2) is 21.1 Å². The van der Waals surface area contributed by atoms with Gasteiger partial charge in [0.2, 0.25) is 11.9 Å². The van der Waals surface area contributed by atoms with E-state index in [4.69, 9.17) is 0 Å². The van der Waals surface area contributed by atoms with E-state index in [-0.39, 0.29) is 17.9 Å². The molecule has 8 heteroatoms. The normalized spacial score (nSPS) is 13.0. The molecule has 0 spiro atoms. The highest BCUT2D eigenvalue weighted by atomic mass is 19.4. The van der Waals surface area contributed by atoms with E-state index in [1.54, 1.807) is 6.92 Å². The van der Waals surface area contributed by atoms with E-state index in [0.717, 1.165) is 6.07 Å². The second-order valence-corrected chi connectivity index (χ2v) is 4.57. The Morgan fingerprint density at radius 3 is 2.71 bits per heavy atom. The molecule has 5 nitrogen and oxygen atoms in total. The molecule has 1 heterocycles. The Morgan fingerprint density at radius 2 is 2.10 bits per heavy atom. The number of aromatic nitrogens is 3. The number of amides is 1. The molecule has 0 aliphatic heterocycles. The molecule has 2 rings (SSSR count). The van der Waals surface area contributed by atoms with Crippen LogP contribution in [0.15, 0.2) is 30.6 Å². The van der Waals surface area contributed by atoms with Crippen LogP contribution in [-0.2, 0) is 11.0 Å². The molecule has 0 saturated carbocycles. The van der Waals surface area contributed by atoms with Crippen molar-refractivity contribution in [3.8, 4) is 0 Å². The van der Waals surface area contributed by atoms with Crippen molar-refractivity contribution < 1.29 is 18.0 Å². The van der Waals surface area contributed by atoms with Crippen molar-refractivity contribution >= 4 is 11.9 Å². The van der Waals surface area contributed by atoms with Crippen molar-refractivity contribution in [1.29, 1.82) is 0 Å². The maximum absolute atomic E-state index is 12.9. The lowest BCUT2D eigenvalue weighted by Crippen LogP contribution is -2.17. The third kappa shape index (κ3) is 3.80. The lowest BCUT2D eigenvalue weighted by molar-refractivity contribution is -0.138. The van der Waals surface area contributed by atoms with Gasteiger partial charge in [-0.05, 0) is 17.5 Å². The minimum Gasteiger partial charge on any atom is -0.295 e. The Morgan fingerprint density at radius 1 is 1.38 bits per heavy atom. The molecule has 0 bridgehead atoms. The molecule has 0 radical (unpaired) electrons. The van der Waals surface area contributed by atoms with Gasteiger partial charge in [-0.3, -0.25) is 10.1 Å². The van der Waals surface area contributed by atoms with Gasteiger partial charge in [-0.15, -0.1) is 0 Å². The molecule has 1 aromatic heterocycles. The third-order valence-corrected chi connectivity index (χ3v) is 2.96. The van der Waals surface area contributed by atoms with Crippen LogP contribution in [0.5, 0.6) is 0 Å². The molecule has 0 saturated heterocycles. The van der Waals surface area contributed by atoms with Crippen LogP contribution in [0.4, 0.5) is 19.1 Å². The smallest absolute Gasteiger partial charge is 0.295 e. The molecule has 1 aromatic carbocycles. The fraction of sp³-hybridized carbons (Fsp3) is 0.308. The summed E-state index contributed by atoms with van der Waals surface area (Å²) >= 11 is 0. The Balaban J connectivity index is 2.10. The first-order chi connectivity index (χ1) is 9.88. The number of hydrogen-bond acceptors (Lipinski definition) is 3. The summed E-state index contributed by atoms with van der Waals surface area (Å²) in [5, 5.41) is 8.43. The van der Waals surface area contributed by atoms with Gasteiger partial charge in [0.15, 0.2) is 0 Å². The van der Waals surface area contributed by atoms with E-state index in [2.05, 4.69) is 20.5 Å². The van der Waals surface area contributed by atoms with Crippen molar-refractivity contribution in [2.24, 2.45) is 0 Å². The Hall–Kier alpha value is -2.38. The zero-order chi connectivity index (χ0) is 15.5. The number of H-pyrrole nitrogens is 1. The monoisotopic (exact) mass is 298 g/mol. The topological polar surface area (TPSA) is 70.7 Å². The van der Waals surface area contributed by atoms with E-state index in [9.17, 15) is 18.0 Å². The second-order valence-electron chi connectivity index (χ2n) is 4.57. The van der Waals surface area contributed by atoms with Crippen molar-refractivity contribution in [2.45, 2.75) is 25.4 Å². The summed E-state index contributed by atoms with van der Waals surface area (Å²) < 4.78 is 38.8. The highest BCUT2D eigenvalue weighted by Gasteiger charge is 2.34. The first-order valence-corrected chi connectivity index (χ1v) is 6.19. The summed E-state index contributed by atoms with van der Waals surface area (Å²) in [6.45, 7) is 1.57. The molecular formula is C13H13F3N4O. The molecular weight excluding hydrogens is 285 g/mol. The zero-order valence-corrected chi connectivity index (χ0v) is 11.1. The average molecular weight is 298 g/mol. The predicted molar refractivity (Wildman–Crippen MR) is 69.5 cm³/mol. The van der Waals surface area contributed by atoms with Gasteiger partial charge in [0.05, 0.1) is 5.56 Å². The fourth-order valence-corrected chi connectivity index (χ4v) is 2.02. The maximum atomic E-state index is 12.9. The minimum absolute atomic E-state index is 0.0895. The molecule has 0 fully saturated rings. The number of aromatic amines is 1. The standard InChI is InChI=1S/C13H13F3N4O/c1-8(6-11(21)19-12-17-7-18-20-12)9-4-2-3-5-10(9)13(14,15)16/h2-5,7-8H,6H2,1H3,(H2,17,18,19,20,21)/t8-/m1/s1. The third-order valence-electron chi connectivity index (χ3n) is 2.96. The van der Waals surface area contributed by atoms with Gasteiger partial charge in [0, 0.05) is 6.42 Å². The van der Waals surface area contributed by atoms with Crippen LogP contribution in [0.3, 0.4) is 0 Å². The second kappa shape index (κ2) is 5.94. The van der Waals surface area contributed by atoms with Crippen molar-refractivity contribution in [3.05, 3.63) is 41.7 Å². The van der Waals surface area contributed by atoms with E-state index in [1.165, 1.54) is 24.5 Å². The van der Waals surface area contributed by atoms with Crippen LogP contribution >= 0.6 is 0 Å². The summed E-state index contributed by atoms with van der Waals surface area (Å²) in [5.74, 6) is -0.849. The molecule has 21 heavy (non-hydrogen) atoms. The zero-order valence-electron chi connectivity index (χ0n) is 11.1. The lowest BCUT2D eigenvalue weighted by Gasteiger charge is -2.17. The average Bonchev–Trinajstić information content (AvgIpc) is 2.90. The number of halogens is 3. The van der Waals surface area contributed by atoms with Gasteiger partial charge in [-0.25, -0.2) is 5.10 Å². The van der Waals surface area contributed by atoms with Gasteiger partial charge in [0.1, 0.15) is 6.33 Å². The van der Waals surface area contributed by atoms with Gasteiger partial charge >= 0.3 is 6.18 Å². The summed E-state index contributed by atoms with van der Waals surface area (Å²) in [5.41, 5.74) is -0.623. The molecule has 2 N–H and O–H groups in total. The van der Waals surface area contributed by atoms with E-state index in [0.29, 0.717) is 0 Å². The summed E-state index contributed by atoms with van der Waals surface area (Å²) in [6, 6.07) is 5.25. The Kier molecular flexibility index (Phi) is 4.25. The predicted octanol–water partition coefficient (Wildman–Crippen LogP) is 2.96. The molecule has 0 unspecified atom stereocenters. The van der Waals surface area contributed by atoms with E-state index >= 15 is 0 Å². The summed E-state index contributed by atoms with van der Waals surface area (Å²) in [7, 11) is 0. The van der Waals surface area contributed by atoms with E-state index in [1.807, 2.05) is 0 Å². The quantitative estimate of drug-likeness (QED) is 0.911. The summed E-state index contributed by atoms with van der Waals surface area (Å²) in [6.07, 6.45) is -3.31. The number of nitrogens with one attached hydrogen (secondary N) is 2. The number of carbonyl (C=O) groups excluding carboxylic acids is 1. The Labute approximate surface area is 118 Å². The lowest BCUT2D eigenvalue weighted by atomic mass is 9.92. The number of nitrogens with zero attached hydrogens (tertiary/aromatic N) is 2. The molecule has 112 valence electrons. The number of anilines is 1. The van der Waals surface area contributed by atoms with Gasteiger partial charge in [0.25, 0.3) is 0 Å². The van der Waals surface area contributed by atoms with Gasteiger partial charge in [-0.1, -0.05) is 25.1 Å². The molecule has 0 aliphatic rings. The minimum atomic E-state index is -4.44. The first kappa shape index (κ1) is 15.0. The highest BCUT2D eigenvalue weighted by Crippen LogP contribution is 2.35. The number of alkyl halides is 3. The Bertz CT molecular complexity index is 610. The van der Waals surface area contributed by atoms with Crippen LogP contribution in [0.2, 0.25) is 0 Å². The number of hydrogen-bond donors (Lipinski definition) is 2. The SMILES string of the molecule is C[C@H](CC(=O)Nc1ncn[nH]1)c1ccccc1C(F)(F)F. The van der Waals surface area contributed by atoms with Crippen LogP contribution in [0.1, 0.15) is 30.4 Å². The maximum Gasteiger partial charge on any atom is 0.416 e. The molecule has 2 aromatic rings. The highest BCUT2D eigenvalue weighted by molar-refractivity contribution is 5.89. The van der Waals surface area contributed by atoms with Crippen LogP contribution in [0, 0.1) is 0 Å². The number of benzene rings is 1. The first-order valence-electron chi connectivity index (χ1n) is 6.19. The van der Waals surface area contributed by atoms with Crippen LogP contribution in [0.25, 0.3) is 0 Å². The summed E-state index contributed by atoms with van der Waals surface area (Å²) in [4.78, 5) is 15.5. The fourth-order valence-electron chi connectivity index (χ4n) is 2.02. The van der Waals surface area contributed by atoms with Crippen molar-refractivity contribution in [3.63, 3.8) is 0 Å². The van der Waals surface area contributed by atoms with Gasteiger partial charge < -0.3 is 0 Å².